The van der Waals surface area contributed by atoms with Crippen molar-refractivity contribution >= 4 is 22.6 Å². The normalized spacial score (nSPS) is 15.4. The monoisotopic (exact) mass is 324 g/mol. The largest absolute Gasteiger partial charge is 0.520 e. The minimum Gasteiger partial charge on any atom is -0.520 e. The van der Waals surface area contributed by atoms with Gasteiger partial charge in [-0.25, -0.2) is 0 Å². The van der Waals surface area contributed by atoms with Crippen molar-refractivity contribution in [2.45, 2.75) is 52.3 Å². The van der Waals surface area contributed by atoms with Crippen molar-refractivity contribution in [1.29, 1.82) is 0 Å². The molecule has 0 unspecified atom stereocenters. The average molecular weight is 325 g/mol. The van der Waals surface area contributed by atoms with Gasteiger partial charge < -0.3 is 8.85 Å². The van der Waals surface area contributed by atoms with Crippen LogP contribution in [0.1, 0.15) is 18.6 Å². The number of carbonyl (C=O) groups excluding carboxylic acids is 1. The van der Waals surface area contributed by atoms with Gasteiger partial charge >= 0.3 is 0 Å². The molecule has 0 fully saturated rings. The van der Waals surface area contributed by atoms with Crippen LogP contribution in [0.15, 0.2) is 30.3 Å². The quantitative estimate of drug-likeness (QED) is 0.718. The summed E-state index contributed by atoms with van der Waals surface area (Å²) in [6.45, 7) is 14.4. The first kappa shape index (κ1) is 18.1. The zero-order valence-corrected chi connectivity index (χ0v) is 16.3. The number of rotatable bonds is 6. The molecule has 5 heteroatoms. The van der Waals surface area contributed by atoms with E-state index < -0.39 is 16.6 Å². The lowest BCUT2D eigenvalue weighted by atomic mass is 9.98. The molecule has 0 aliphatic heterocycles. The van der Waals surface area contributed by atoms with Crippen molar-refractivity contribution in [2.24, 2.45) is 5.92 Å². The van der Waals surface area contributed by atoms with Gasteiger partial charge in [-0.3, -0.25) is 4.79 Å². The van der Waals surface area contributed by atoms with Gasteiger partial charge in [0.05, 0.1) is 12.0 Å². The molecule has 21 heavy (non-hydrogen) atoms. The van der Waals surface area contributed by atoms with E-state index in [1.165, 1.54) is 0 Å². The molecule has 2 atom stereocenters. The number of benzene rings is 1. The highest BCUT2D eigenvalue weighted by molar-refractivity contribution is 6.71. The van der Waals surface area contributed by atoms with Crippen LogP contribution in [0.25, 0.3) is 0 Å². The van der Waals surface area contributed by atoms with E-state index in [0.29, 0.717) is 0 Å². The van der Waals surface area contributed by atoms with Crippen LogP contribution in [0.2, 0.25) is 39.3 Å². The molecule has 0 aliphatic rings. The Bertz CT molecular complexity index is 461. The summed E-state index contributed by atoms with van der Waals surface area (Å²) in [7, 11) is -3.65. The molecule has 0 saturated carbocycles. The third-order valence-corrected chi connectivity index (χ3v) is 4.62. The van der Waals surface area contributed by atoms with E-state index in [9.17, 15) is 4.79 Å². The standard InChI is InChI=1S/C16H28O3Si2/c1-13(16(17)19-21(5,6)7)15(18-20(2,3)4)14-11-9-8-10-12-14/h8-13,15H,1-7H3/t13-,15-/m1/s1. The Labute approximate surface area is 130 Å². The minimum atomic E-state index is -1.88. The van der Waals surface area contributed by atoms with E-state index in [1.807, 2.05) is 56.9 Å². The van der Waals surface area contributed by atoms with Gasteiger partial charge in [-0.2, -0.15) is 0 Å². The molecule has 0 heterocycles. The summed E-state index contributed by atoms with van der Waals surface area (Å²) in [5.41, 5.74) is 1.04. The molecule has 0 amide bonds. The lowest BCUT2D eigenvalue weighted by Gasteiger charge is -2.31. The minimum absolute atomic E-state index is 0.152. The molecule has 3 nitrogen and oxygen atoms in total. The Kier molecular flexibility index (Phi) is 5.95. The zero-order chi connectivity index (χ0) is 16.3. The topological polar surface area (TPSA) is 35.5 Å². The number of hydrogen-bond acceptors (Lipinski definition) is 3. The zero-order valence-electron chi connectivity index (χ0n) is 14.3. The van der Waals surface area contributed by atoms with Crippen molar-refractivity contribution in [2.75, 3.05) is 0 Å². The second kappa shape index (κ2) is 6.90. The smallest absolute Gasteiger partial charge is 0.298 e. The van der Waals surface area contributed by atoms with Crippen LogP contribution in [0.5, 0.6) is 0 Å². The van der Waals surface area contributed by atoms with Crippen LogP contribution in [0.4, 0.5) is 0 Å². The summed E-state index contributed by atoms with van der Waals surface area (Å²) < 4.78 is 11.9. The Hall–Kier alpha value is -0.916. The molecule has 1 rings (SSSR count). The van der Waals surface area contributed by atoms with Gasteiger partial charge in [0.1, 0.15) is 0 Å². The molecule has 0 aliphatic carbocycles. The predicted octanol–water partition coefficient (Wildman–Crippen LogP) is 4.59. The van der Waals surface area contributed by atoms with Crippen LogP contribution in [0, 0.1) is 5.92 Å². The van der Waals surface area contributed by atoms with Crippen LogP contribution in [-0.2, 0) is 13.6 Å². The van der Waals surface area contributed by atoms with E-state index in [1.54, 1.807) is 0 Å². The maximum Gasteiger partial charge on any atom is 0.298 e. The van der Waals surface area contributed by atoms with Crippen molar-refractivity contribution in [3.05, 3.63) is 35.9 Å². The fraction of sp³-hybridized carbons (Fsp3) is 0.562. The maximum atomic E-state index is 12.4. The van der Waals surface area contributed by atoms with E-state index >= 15 is 0 Å². The summed E-state index contributed by atoms with van der Waals surface area (Å²) in [6.07, 6.45) is -0.235. The van der Waals surface area contributed by atoms with Crippen molar-refractivity contribution < 1.29 is 13.6 Å². The van der Waals surface area contributed by atoms with Crippen LogP contribution in [-0.4, -0.2) is 22.6 Å². The summed E-state index contributed by atoms with van der Waals surface area (Å²) in [5, 5.41) is 0. The highest BCUT2D eigenvalue weighted by atomic mass is 28.4. The molecule has 0 radical (unpaired) electrons. The molecule has 118 valence electrons. The van der Waals surface area contributed by atoms with Crippen LogP contribution < -0.4 is 0 Å². The number of carbonyl (C=O) groups is 1. The summed E-state index contributed by atoms with van der Waals surface area (Å²) in [4.78, 5) is 12.4. The first-order valence-corrected chi connectivity index (χ1v) is 14.3. The second-order valence-corrected chi connectivity index (χ2v) is 16.3. The van der Waals surface area contributed by atoms with Crippen molar-refractivity contribution in [1.82, 2.24) is 0 Å². The fourth-order valence-corrected chi connectivity index (χ4v) is 3.89. The van der Waals surface area contributed by atoms with E-state index in [-0.39, 0.29) is 18.0 Å². The highest BCUT2D eigenvalue weighted by Gasteiger charge is 2.33. The lowest BCUT2D eigenvalue weighted by molar-refractivity contribution is -0.142. The molecule has 0 saturated heterocycles. The summed E-state index contributed by atoms with van der Waals surface area (Å²) in [6, 6.07) is 9.96. The van der Waals surface area contributed by atoms with Gasteiger partial charge in [-0.15, -0.1) is 0 Å². The molecular formula is C16H28O3Si2. The van der Waals surface area contributed by atoms with Crippen molar-refractivity contribution in [3.8, 4) is 0 Å². The van der Waals surface area contributed by atoms with E-state index in [0.717, 1.165) is 5.56 Å². The molecule has 1 aromatic carbocycles. The Morgan fingerprint density at radius 1 is 0.952 bits per heavy atom. The molecule has 0 N–H and O–H groups in total. The Morgan fingerprint density at radius 2 is 1.48 bits per heavy atom. The molecule has 0 aromatic heterocycles. The van der Waals surface area contributed by atoms with Gasteiger partial charge in [0.15, 0.2) is 8.32 Å². The molecule has 1 aromatic rings. The first-order chi connectivity index (χ1) is 9.49. The third-order valence-electron chi connectivity index (χ3n) is 2.84. The Balaban J connectivity index is 2.99. The van der Waals surface area contributed by atoms with Gasteiger partial charge in [-0.1, -0.05) is 30.3 Å². The molecular weight excluding hydrogens is 296 g/mol. The number of hydrogen-bond donors (Lipinski definition) is 0. The van der Waals surface area contributed by atoms with Crippen LogP contribution in [0.3, 0.4) is 0 Å². The van der Waals surface area contributed by atoms with Gasteiger partial charge in [0.2, 0.25) is 8.32 Å². The lowest BCUT2D eigenvalue weighted by Crippen LogP contribution is -2.37. The van der Waals surface area contributed by atoms with Crippen LogP contribution >= 0.6 is 0 Å². The predicted molar refractivity (Wildman–Crippen MR) is 92.2 cm³/mol. The summed E-state index contributed by atoms with van der Waals surface area (Å²) >= 11 is 0. The third kappa shape index (κ3) is 6.58. The SMILES string of the molecule is C[C@@H](C(=O)O[Si](C)(C)C)[C@@H](O[Si](C)(C)C)c1ccccc1. The van der Waals surface area contributed by atoms with Gasteiger partial charge in [0.25, 0.3) is 5.97 Å². The van der Waals surface area contributed by atoms with Gasteiger partial charge in [-0.05, 0) is 51.8 Å². The van der Waals surface area contributed by atoms with E-state index in [4.69, 9.17) is 8.85 Å². The summed E-state index contributed by atoms with van der Waals surface area (Å²) in [5.74, 6) is -0.452. The Morgan fingerprint density at radius 3 is 1.90 bits per heavy atom. The van der Waals surface area contributed by atoms with Crippen molar-refractivity contribution in [3.63, 3.8) is 0 Å². The first-order valence-electron chi connectivity index (χ1n) is 7.45. The molecule has 0 bridgehead atoms. The molecule has 0 spiro atoms. The highest BCUT2D eigenvalue weighted by Crippen LogP contribution is 2.31. The fourth-order valence-electron chi connectivity index (χ4n) is 2.00. The van der Waals surface area contributed by atoms with Gasteiger partial charge in [0, 0.05) is 0 Å². The second-order valence-electron chi connectivity index (χ2n) is 7.38. The van der Waals surface area contributed by atoms with E-state index in [2.05, 4.69) is 19.6 Å². The average Bonchev–Trinajstić information content (AvgIpc) is 2.33. The maximum absolute atomic E-state index is 12.4.